The van der Waals surface area contributed by atoms with Crippen LogP contribution in [0.25, 0.3) is 0 Å². The molecule has 2 atom stereocenters. The Morgan fingerprint density at radius 3 is 3.19 bits per heavy atom. The van der Waals surface area contributed by atoms with Gasteiger partial charge in [0.2, 0.25) is 0 Å². The average Bonchev–Trinajstić information content (AvgIpc) is 2.96. The number of ether oxygens (including phenoxy) is 1. The molecule has 1 fully saturated rings. The van der Waals surface area contributed by atoms with Crippen LogP contribution in [0, 0.1) is 17.2 Å². The van der Waals surface area contributed by atoms with Crippen molar-refractivity contribution >= 4 is 11.3 Å². The number of hydrogen-bond acceptors (Lipinski definition) is 4. The van der Waals surface area contributed by atoms with Gasteiger partial charge >= 0.3 is 0 Å². The van der Waals surface area contributed by atoms with Crippen molar-refractivity contribution in [2.75, 3.05) is 13.2 Å². The molecule has 1 saturated heterocycles. The molecule has 0 aromatic carbocycles. The monoisotopic (exact) mass is 236 g/mol. The molecule has 0 amide bonds. The standard InChI is InChI=1S/C12H16N2OS/c1-9(10-4-5-15-8-10)14-7-12-3-2-11(6-13)16-12/h2-3,9-10,14H,4-5,7-8H2,1H3. The van der Waals surface area contributed by atoms with Crippen LogP contribution in [0.5, 0.6) is 0 Å². The normalized spacial score (nSPS) is 21.9. The van der Waals surface area contributed by atoms with Crippen molar-refractivity contribution in [2.45, 2.75) is 25.9 Å². The minimum atomic E-state index is 0.482. The molecule has 0 bridgehead atoms. The van der Waals surface area contributed by atoms with E-state index in [1.165, 1.54) is 4.88 Å². The number of rotatable bonds is 4. The van der Waals surface area contributed by atoms with E-state index in [0.29, 0.717) is 12.0 Å². The van der Waals surface area contributed by atoms with Gasteiger partial charge in [-0.15, -0.1) is 11.3 Å². The molecule has 3 nitrogen and oxygen atoms in total. The maximum atomic E-state index is 8.72. The Bertz CT molecular complexity index is 377. The molecule has 1 aromatic heterocycles. The van der Waals surface area contributed by atoms with Gasteiger partial charge in [0.1, 0.15) is 10.9 Å². The van der Waals surface area contributed by atoms with Crippen LogP contribution in [0.2, 0.25) is 0 Å². The summed E-state index contributed by atoms with van der Waals surface area (Å²) in [6.45, 7) is 4.83. The van der Waals surface area contributed by atoms with E-state index in [9.17, 15) is 0 Å². The summed E-state index contributed by atoms with van der Waals surface area (Å²) in [4.78, 5) is 2.01. The first-order chi connectivity index (χ1) is 7.79. The molecule has 1 aliphatic rings. The zero-order chi connectivity index (χ0) is 11.4. The van der Waals surface area contributed by atoms with Gasteiger partial charge in [0, 0.05) is 24.1 Å². The molecule has 2 unspecified atom stereocenters. The van der Waals surface area contributed by atoms with E-state index in [0.717, 1.165) is 31.1 Å². The zero-order valence-corrected chi connectivity index (χ0v) is 10.2. The minimum absolute atomic E-state index is 0.482. The molecule has 1 aliphatic heterocycles. The third kappa shape index (κ3) is 2.82. The summed E-state index contributed by atoms with van der Waals surface area (Å²) in [5.41, 5.74) is 0. The van der Waals surface area contributed by atoms with Crippen LogP contribution in [0.1, 0.15) is 23.1 Å². The lowest BCUT2D eigenvalue weighted by Crippen LogP contribution is -2.33. The molecule has 0 spiro atoms. The molecule has 2 heterocycles. The zero-order valence-electron chi connectivity index (χ0n) is 9.40. The molecule has 1 aromatic rings. The van der Waals surface area contributed by atoms with E-state index in [2.05, 4.69) is 18.3 Å². The van der Waals surface area contributed by atoms with Crippen molar-refractivity contribution in [1.29, 1.82) is 5.26 Å². The summed E-state index contributed by atoms with van der Waals surface area (Å²) in [5.74, 6) is 0.635. The lowest BCUT2D eigenvalue weighted by atomic mass is 10.0. The lowest BCUT2D eigenvalue weighted by Gasteiger charge is -2.18. The van der Waals surface area contributed by atoms with E-state index in [1.807, 2.05) is 12.1 Å². The number of nitrogens with zero attached hydrogens (tertiary/aromatic N) is 1. The predicted molar refractivity (Wildman–Crippen MR) is 64.3 cm³/mol. The Labute approximate surface area is 100 Å². The van der Waals surface area contributed by atoms with E-state index >= 15 is 0 Å². The van der Waals surface area contributed by atoms with Gasteiger partial charge in [-0.05, 0) is 31.4 Å². The second kappa shape index (κ2) is 5.44. The van der Waals surface area contributed by atoms with E-state index in [1.54, 1.807) is 11.3 Å². The SMILES string of the molecule is CC(NCc1ccc(C#N)s1)C1CCOC1. The van der Waals surface area contributed by atoms with Gasteiger partial charge in [0.15, 0.2) is 0 Å². The molecule has 86 valence electrons. The first-order valence-corrected chi connectivity index (χ1v) is 6.41. The molecule has 2 rings (SSSR count). The first kappa shape index (κ1) is 11.6. The van der Waals surface area contributed by atoms with Gasteiger partial charge in [0.25, 0.3) is 0 Å². The molecule has 0 aliphatic carbocycles. The Morgan fingerprint density at radius 2 is 2.56 bits per heavy atom. The summed E-state index contributed by atoms with van der Waals surface area (Å²) in [6.07, 6.45) is 1.15. The topological polar surface area (TPSA) is 45.0 Å². The second-order valence-electron chi connectivity index (χ2n) is 4.17. The Balaban J connectivity index is 1.80. The van der Waals surface area contributed by atoms with Crippen molar-refractivity contribution < 1.29 is 4.74 Å². The highest BCUT2D eigenvalue weighted by molar-refractivity contribution is 7.12. The highest BCUT2D eigenvalue weighted by Crippen LogP contribution is 2.18. The van der Waals surface area contributed by atoms with Crippen LogP contribution in [-0.4, -0.2) is 19.3 Å². The third-order valence-corrected chi connectivity index (χ3v) is 4.03. The number of nitriles is 1. The van der Waals surface area contributed by atoms with Crippen molar-refractivity contribution in [3.05, 3.63) is 21.9 Å². The summed E-state index contributed by atoms with van der Waals surface area (Å²) in [6, 6.07) is 6.54. The van der Waals surface area contributed by atoms with Gasteiger partial charge in [-0.2, -0.15) is 5.26 Å². The predicted octanol–water partition coefficient (Wildman–Crippen LogP) is 2.13. The summed E-state index contributed by atoms with van der Waals surface area (Å²) < 4.78 is 5.37. The maximum absolute atomic E-state index is 8.72. The lowest BCUT2D eigenvalue weighted by molar-refractivity contribution is 0.178. The molecule has 1 N–H and O–H groups in total. The second-order valence-corrected chi connectivity index (χ2v) is 5.34. The van der Waals surface area contributed by atoms with Crippen LogP contribution in [0.4, 0.5) is 0 Å². The molecular formula is C12H16N2OS. The largest absolute Gasteiger partial charge is 0.381 e. The highest BCUT2D eigenvalue weighted by atomic mass is 32.1. The molecule has 16 heavy (non-hydrogen) atoms. The van der Waals surface area contributed by atoms with E-state index in [4.69, 9.17) is 10.00 Å². The minimum Gasteiger partial charge on any atom is -0.381 e. The van der Waals surface area contributed by atoms with Crippen LogP contribution >= 0.6 is 11.3 Å². The van der Waals surface area contributed by atoms with Gasteiger partial charge < -0.3 is 10.1 Å². The van der Waals surface area contributed by atoms with Gasteiger partial charge in [-0.1, -0.05) is 0 Å². The summed E-state index contributed by atoms with van der Waals surface area (Å²) in [5, 5.41) is 12.2. The quantitative estimate of drug-likeness (QED) is 0.871. The first-order valence-electron chi connectivity index (χ1n) is 5.59. The maximum Gasteiger partial charge on any atom is 0.110 e. The highest BCUT2D eigenvalue weighted by Gasteiger charge is 2.21. The van der Waals surface area contributed by atoms with E-state index < -0.39 is 0 Å². The summed E-state index contributed by atoms with van der Waals surface area (Å²) >= 11 is 1.56. The molecule has 0 saturated carbocycles. The number of nitrogens with one attached hydrogen (secondary N) is 1. The Hall–Kier alpha value is -0.890. The van der Waals surface area contributed by atoms with Crippen molar-refractivity contribution in [2.24, 2.45) is 5.92 Å². The van der Waals surface area contributed by atoms with Crippen LogP contribution in [0.3, 0.4) is 0 Å². The van der Waals surface area contributed by atoms with Gasteiger partial charge in [-0.3, -0.25) is 0 Å². The van der Waals surface area contributed by atoms with Crippen molar-refractivity contribution in [3.8, 4) is 6.07 Å². The Morgan fingerprint density at radius 1 is 1.69 bits per heavy atom. The fourth-order valence-electron chi connectivity index (χ4n) is 1.91. The van der Waals surface area contributed by atoms with Crippen LogP contribution < -0.4 is 5.32 Å². The molecule has 4 heteroatoms. The summed E-state index contributed by atoms with van der Waals surface area (Å²) in [7, 11) is 0. The van der Waals surface area contributed by atoms with Crippen LogP contribution in [-0.2, 0) is 11.3 Å². The van der Waals surface area contributed by atoms with Gasteiger partial charge in [0.05, 0.1) is 6.61 Å². The van der Waals surface area contributed by atoms with Gasteiger partial charge in [-0.25, -0.2) is 0 Å². The van der Waals surface area contributed by atoms with Crippen LogP contribution in [0.15, 0.2) is 12.1 Å². The third-order valence-electron chi connectivity index (χ3n) is 3.04. The van der Waals surface area contributed by atoms with E-state index in [-0.39, 0.29) is 0 Å². The van der Waals surface area contributed by atoms with Crippen molar-refractivity contribution in [1.82, 2.24) is 5.32 Å². The number of hydrogen-bond donors (Lipinski definition) is 1. The Kier molecular flexibility index (Phi) is 3.94. The fraction of sp³-hybridized carbons (Fsp3) is 0.583. The molecule has 0 radical (unpaired) electrons. The number of thiophene rings is 1. The smallest absolute Gasteiger partial charge is 0.110 e. The average molecular weight is 236 g/mol. The van der Waals surface area contributed by atoms with Crippen molar-refractivity contribution in [3.63, 3.8) is 0 Å². The molecular weight excluding hydrogens is 220 g/mol. The fourth-order valence-corrected chi connectivity index (χ4v) is 2.66.